The van der Waals surface area contributed by atoms with Crippen LogP contribution in [0.5, 0.6) is 11.5 Å². The van der Waals surface area contributed by atoms with Crippen LogP contribution in [0, 0.1) is 0 Å². The molecule has 2 fully saturated rings. The van der Waals surface area contributed by atoms with E-state index in [-0.39, 0.29) is 17.5 Å². The third kappa shape index (κ3) is 3.81. The Bertz CT molecular complexity index is 1000. The quantitative estimate of drug-likeness (QED) is 0.799. The Labute approximate surface area is 174 Å². The smallest absolute Gasteiger partial charge is 0.345 e. The Morgan fingerprint density at radius 2 is 1.87 bits per heavy atom. The summed E-state index contributed by atoms with van der Waals surface area (Å²) in [6.45, 7) is 3.04. The molecule has 9 heteroatoms. The van der Waals surface area contributed by atoms with E-state index in [9.17, 15) is 9.59 Å². The van der Waals surface area contributed by atoms with Crippen LogP contribution in [-0.4, -0.2) is 58.0 Å². The summed E-state index contributed by atoms with van der Waals surface area (Å²) < 4.78 is 14.4. The van der Waals surface area contributed by atoms with Crippen LogP contribution in [0.4, 0.5) is 5.69 Å². The van der Waals surface area contributed by atoms with E-state index in [1.807, 2.05) is 16.7 Å². The normalized spacial score (nSPS) is 19.6. The zero-order valence-corrected chi connectivity index (χ0v) is 17.2. The Morgan fingerprint density at radius 3 is 2.60 bits per heavy atom. The van der Waals surface area contributed by atoms with Gasteiger partial charge in [0.25, 0.3) is 0 Å². The molecule has 5 rings (SSSR count). The SMILES string of the molecule is Cn1nc(C2CCN(CC(=O)Nc3ccc4c(c3)OCCO4)CC2)n(C2CC2)c1=O. The highest BCUT2D eigenvalue weighted by atomic mass is 16.6. The number of hydrogen-bond acceptors (Lipinski definition) is 6. The number of carbonyl (C=O) groups is 1. The van der Waals surface area contributed by atoms with Crippen molar-refractivity contribution in [3.63, 3.8) is 0 Å². The molecule has 1 amide bonds. The number of aryl methyl sites for hydroxylation is 1. The molecule has 0 spiro atoms. The van der Waals surface area contributed by atoms with E-state index >= 15 is 0 Å². The van der Waals surface area contributed by atoms with Gasteiger partial charge in [-0.2, -0.15) is 5.10 Å². The molecular weight excluding hydrogens is 386 g/mol. The molecule has 3 aliphatic rings. The molecular formula is C21H27N5O4. The number of nitrogens with zero attached hydrogens (tertiary/aromatic N) is 4. The minimum atomic E-state index is -0.0437. The number of amides is 1. The van der Waals surface area contributed by atoms with E-state index in [0.29, 0.717) is 43.0 Å². The van der Waals surface area contributed by atoms with E-state index < -0.39 is 0 Å². The standard InChI is InChI=1S/C21H27N5O4/c1-24-21(28)26(16-3-4-16)20(23-24)14-6-8-25(9-7-14)13-19(27)22-15-2-5-17-18(12-15)30-11-10-29-17/h2,5,12,14,16H,3-4,6-11,13H2,1H3,(H,22,27). The first-order chi connectivity index (χ1) is 14.6. The number of benzene rings is 1. The van der Waals surface area contributed by atoms with Gasteiger partial charge in [0, 0.05) is 30.8 Å². The monoisotopic (exact) mass is 413 g/mol. The molecule has 1 saturated carbocycles. The number of ether oxygens (including phenoxy) is 2. The lowest BCUT2D eigenvalue weighted by Gasteiger charge is -2.31. The maximum absolute atomic E-state index is 12.5. The van der Waals surface area contributed by atoms with Gasteiger partial charge in [0.2, 0.25) is 5.91 Å². The largest absolute Gasteiger partial charge is 0.486 e. The van der Waals surface area contributed by atoms with Crippen LogP contribution in [0.2, 0.25) is 0 Å². The minimum Gasteiger partial charge on any atom is -0.486 e. The Morgan fingerprint density at radius 1 is 1.13 bits per heavy atom. The summed E-state index contributed by atoms with van der Waals surface area (Å²) in [5.74, 6) is 2.53. The second kappa shape index (κ2) is 7.79. The zero-order valence-electron chi connectivity index (χ0n) is 17.2. The van der Waals surface area contributed by atoms with Gasteiger partial charge in [-0.15, -0.1) is 0 Å². The minimum absolute atomic E-state index is 0.00580. The highest BCUT2D eigenvalue weighted by Crippen LogP contribution is 2.37. The topological polar surface area (TPSA) is 90.6 Å². The summed E-state index contributed by atoms with van der Waals surface area (Å²) >= 11 is 0. The van der Waals surface area contributed by atoms with Gasteiger partial charge in [0.15, 0.2) is 11.5 Å². The van der Waals surface area contributed by atoms with Gasteiger partial charge in [-0.3, -0.25) is 14.3 Å². The molecule has 30 heavy (non-hydrogen) atoms. The Hall–Kier alpha value is -2.81. The van der Waals surface area contributed by atoms with Crippen molar-refractivity contribution >= 4 is 11.6 Å². The average Bonchev–Trinajstić information content (AvgIpc) is 3.54. The van der Waals surface area contributed by atoms with Gasteiger partial charge in [-0.05, 0) is 50.9 Å². The lowest BCUT2D eigenvalue weighted by atomic mass is 9.96. The van der Waals surface area contributed by atoms with E-state index in [1.54, 1.807) is 13.1 Å². The highest BCUT2D eigenvalue weighted by Gasteiger charge is 2.33. The molecule has 0 radical (unpaired) electrons. The van der Waals surface area contributed by atoms with Crippen molar-refractivity contribution in [1.82, 2.24) is 19.2 Å². The molecule has 0 atom stereocenters. The third-order valence-corrected chi connectivity index (χ3v) is 6.04. The fourth-order valence-electron chi connectivity index (χ4n) is 4.33. The van der Waals surface area contributed by atoms with Crippen molar-refractivity contribution in [2.24, 2.45) is 7.05 Å². The van der Waals surface area contributed by atoms with Gasteiger partial charge in [0.05, 0.1) is 6.54 Å². The molecule has 0 bridgehead atoms. The molecule has 2 aromatic rings. The van der Waals surface area contributed by atoms with Gasteiger partial charge in [0.1, 0.15) is 19.0 Å². The van der Waals surface area contributed by atoms with E-state index in [0.717, 1.165) is 44.6 Å². The average molecular weight is 413 g/mol. The lowest BCUT2D eigenvalue weighted by Crippen LogP contribution is -2.39. The molecule has 1 aromatic carbocycles. The van der Waals surface area contributed by atoms with E-state index in [1.165, 1.54) is 4.68 Å². The first-order valence-electron chi connectivity index (χ1n) is 10.7. The van der Waals surface area contributed by atoms with E-state index in [4.69, 9.17) is 9.47 Å². The molecule has 1 aromatic heterocycles. The van der Waals surface area contributed by atoms with Crippen LogP contribution in [0.25, 0.3) is 0 Å². The van der Waals surface area contributed by atoms with Crippen molar-refractivity contribution < 1.29 is 14.3 Å². The van der Waals surface area contributed by atoms with Crippen molar-refractivity contribution in [2.75, 3.05) is 38.2 Å². The van der Waals surface area contributed by atoms with Crippen LogP contribution < -0.4 is 20.5 Å². The van der Waals surface area contributed by atoms with Crippen molar-refractivity contribution in [3.8, 4) is 11.5 Å². The maximum Gasteiger partial charge on any atom is 0.345 e. The number of anilines is 1. The van der Waals surface area contributed by atoms with E-state index in [2.05, 4.69) is 15.3 Å². The number of piperidine rings is 1. The summed E-state index contributed by atoms with van der Waals surface area (Å²) in [6, 6.07) is 5.78. The van der Waals surface area contributed by atoms with Crippen molar-refractivity contribution in [2.45, 2.75) is 37.6 Å². The zero-order chi connectivity index (χ0) is 20.7. The Balaban J connectivity index is 1.16. The fraction of sp³-hybridized carbons (Fsp3) is 0.571. The highest BCUT2D eigenvalue weighted by molar-refractivity contribution is 5.92. The number of carbonyl (C=O) groups excluding carboxylic acids is 1. The predicted molar refractivity (Wildman–Crippen MR) is 110 cm³/mol. The molecule has 1 saturated heterocycles. The maximum atomic E-state index is 12.5. The molecule has 0 unspecified atom stereocenters. The summed E-state index contributed by atoms with van der Waals surface area (Å²) in [5, 5.41) is 7.47. The molecule has 9 nitrogen and oxygen atoms in total. The Kier molecular flexibility index (Phi) is 4.98. The van der Waals surface area contributed by atoms with Gasteiger partial charge >= 0.3 is 5.69 Å². The number of aromatic nitrogens is 3. The van der Waals surface area contributed by atoms with Crippen LogP contribution >= 0.6 is 0 Å². The first kappa shape index (κ1) is 19.2. The lowest BCUT2D eigenvalue weighted by molar-refractivity contribution is -0.117. The van der Waals surface area contributed by atoms with Crippen molar-refractivity contribution in [1.29, 1.82) is 0 Å². The second-order valence-electron chi connectivity index (χ2n) is 8.32. The van der Waals surface area contributed by atoms with Crippen LogP contribution in [0.1, 0.15) is 43.5 Å². The van der Waals surface area contributed by atoms with Crippen LogP contribution in [-0.2, 0) is 11.8 Å². The third-order valence-electron chi connectivity index (χ3n) is 6.04. The number of rotatable bonds is 5. The van der Waals surface area contributed by atoms with Gasteiger partial charge in [-0.1, -0.05) is 0 Å². The van der Waals surface area contributed by atoms with Gasteiger partial charge in [-0.25, -0.2) is 9.48 Å². The number of nitrogens with one attached hydrogen (secondary N) is 1. The number of hydrogen-bond donors (Lipinski definition) is 1. The summed E-state index contributed by atoms with van der Waals surface area (Å²) in [7, 11) is 1.72. The second-order valence-corrected chi connectivity index (χ2v) is 8.32. The summed E-state index contributed by atoms with van der Waals surface area (Å²) in [5.41, 5.74) is 0.704. The van der Waals surface area contributed by atoms with Crippen LogP contribution in [0.3, 0.4) is 0 Å². The summed E-state index contributed by atoms with van der Waals surface area (Å²) in [4.78, 5) is 27.0. The van der Waals surface area contributed by atoms with Crippen molar-refractivity contribution in [3.05, 3.63) is 34.5 Å². The number of fused-ring (bicyclic) bond motifs is 1. The predicted octanol–water partition coefficient (Wildman–Crippen LogP) is 1.51. The number of likely N-dealkylation sites (tertiary alicyclic amines) is 1. The molecule has 1 aliphatic carbocycles. The fourth-order valence-corrected chi connectivity index (χ4v) is 4.33. The molecule has 2 aliphatic heterocycles. The van der Waals surface area contributed by atoms with Crippen LogP contribution in [0.15, 0.2) is 23.0 Å². The molecule has 1 N–H and O–H groups in total. The molecule has 3 heterocycles. The first-order valence-corrected chi connectivity index (χ1v) is 10.7. The van der Waals surface area contributed by atoms with Gasteiger partial charge < -0.3 is 14.8 Å². The molecule has 160 valence electrons. The summed E-state index contributed by atoms with van der Waals surface area (Å²) in [6.07, 6.45) is 3.94.